The molecule has 0 radical (unpaired) electrons. The molecule has 5 nitrogen and oxygen atoms in total. The number of ether oxygens (including phenoxy) is 1. The van der Waals surface area contributed by atoms with E-state index in [0.29, 0.717) is 12.1 Å². The average molecular weight is 339 g/mol. The molecule has 0 unspecified atom stereocenters. The molecule has 2 aliphatic rings. The first-order valence-electron chi connectivity index (χ1n) is 8.57. The first-order valence-corrected chi connectivity index (χ1v) is 8.95. The summed E-state index contributed by atoms with van der Waals surface area (Å²) in [7, 11) is 0. The van der Waals surface area contributed by atoms with Gasteiger partial charge in [-0.1, -0.05) is 11.6 Å². The summed E-state index contributed by atoms with van der Waals surface area (Å²) in [6.07, 6.45) is 2.14. The van der Waals surface area contributed by atoms with Crippen LogP contribution in [-0.4, -0.2) is 79.3 Å². The molecule has 23 heavy (non-hydrogen) atoms. The lowest BCUT2D eigenvalue weighted by molar-refractivity contribution is -0.0525. The summed E-state index contributed by atoms with van der Waals surface area (Å²) in [5, 5.41) is 0.740. The maximum Gasteiger partial charge on any atom is 0.147 e. The van der Waals surface area contributed by atoms with Crippen molar-refractivity contribution in [3.63, 3.8) is 0 Å². The van der Waals surface area contributed by atoms with Gasteiger partial charge in [0.25, 0.3) is 0 Å². The molecule has 6 heteroatoms. The van der Waals surface area contributed by atoms with E-state index in [1.807, 2.05) is 18.3 Å². The highest BCUT2D eigenvalue weighted by atomic mass is 35.5. The molecule has 1 aromatic heterocycles. The van der Waals surface area contributed by atoms with E-state index in [0.717, 1.165) is 63.3 Å². The van der Waals surface area contributed by atoms with Crippen molar-refractivity contribution in [3.8, 4) is 0 Å². The lowest BCUT2D eigenvalue weighted by Gasteiger charge is -2.40. The van der Waals surface area contributed by atoms with Crippen LogP contribution in [0.25, 0.3) is 0 Å². The molecule has 0 N–H and O–H groups in total. The molecular formula is C17H27ClN4O. The van der Waals surface area contributed by atoms with Gasteiger partial charge in [-0.05, 0) is 26.0 Å². The van der Waals surface area contributed by atoms with Crippen LogP contribution in [0.15, 0.2) is 18.3 Å². The number of nitrogens with zero attached hydrogens (tertiary/aromatic N) is 4. The summed E-state index contributed by atoms with van der Waals surface area (Å²) >= 11 is 6.25. The summed E-state index contributed by atoms with van der Waals surface area (Å²) in [6.45, 7) is 12.5. The van der Waals surface area contributed by atoms with E-state index < -0.39 is 0 Å². The van der Waals surface area contributed by atoms with Crippen molar-refractivity contribution in [1.29, 1.82) is 0 Å². The van der Waals surface area contributed by atoms with Crippen LogP contribution in [0.1, 0.15) is 13.8 Å². The van der Waals surface area contributed by atoms with Gasteiger partial charge in [0.05, 0.1) is 17.7 Å². The summed E-state index contributed by atoms with van der Waals surface area (Å²) in [5.74, 6) is 0.911. The zero-order chi connectivity index (χ0) is 16.2. The molecule has 0 bridgehead atoms. The molecule has 1 atom stereocenters. The normalized spacial score (nSPS) is 24.3. The van der Waals surface area contributed by atoms with Gasteiger partial charge in [0, 0.05) is 58.1 Å². The summed E-state index contributed by atoms with van der Waals surface area (Å²) in [4.78, 5) is 11.7. The number of pyridine rings is 1. The maximum absolute atomic E-state index is 6.25. The molecule has 3 heterocycles. The molecule has 3 rings (SSSR count). The van der Waals surface area contributed by atoms with Crippen LogP contribution in [0, 0.1) is 0 Å². The molecule has 0 aromatic carbocycles. The maximum atomic E-state index is 6.25. The molecule has 0 saturated carbocycles. The standard InChI is InChI=1S/C17H27ClN4O/c1-14(2)22-10-11-23-15(13-22)12-20-6-8-21(9-7-20)17-16(18)4-3-5-19-17/h3-5,14-15H,6-13H2,1-2H3/t15-/m0/s1. The van der Waals surface area contributed by atoms with Crippen LogP contribution in [0.2, 0.25) is 5.02 Å². The molecule has 128 valence electrons. The lowest BCUT2D eigenvalue weighted by Crippen LogP contribution is -2.53. The Balaban J connectivity index is 1.49. The van der Waals surface area contributed by atoms with Gasteiger partial charge in [0.2, 0.25) is 0 Å². The third kappa shape index (κ3) is 4.35. The highest BCUT2D eigenvalue weighted by Crippen LogP contribution is 2.23. The third-order valence-electron chi connectivity index (χ3n) is 4.77. The summed E-state index contributed by atoms with van der Waals surface area (Å²) in [5.41, 5.74) is 0. The van der Waals surface area contributed by atoms with Gasteiger partial charge in [-0.2, -0.15) is 0 Å². The fraction of sp³-hybridized carbons (Fsp3) is 0.706. The monoisotopic (exact) mass is 338 g/mol. The molecule has 2 fully saturated rings. The second-order valence-electron chi connectivity index (χ2n) is 6.68. The second-order valence-corrected chi connectivity index (χ2v) is 7.09. The van der Waals surface area contributed by atoms with E-state index >= 15 is 0 Å². The van der Waals surface area contributed by atoms with Gasteiger partial charge < -0.3 is 9.64 Å². The molecule has 2 aliphatic heterocycles. The zero-order valence-corrected chi connectivity index (χ0v) is 14.9. The quantitative estimate of drug-likeness (QED) is 0.838. The fourth-order valence-electron chi connectivity index (χ4n) is 3.36. The Morgan fingerprint density at radius 3 is 2.74 bits per heavy atom. The van der Waals surface area contributed by atoms with Crippen LogP contribution in [0.4, 0.5) is 5.82 Å². The van der Waals surface area contributed by atoms with E-state index in [2.05, 4.69) is 33.5 Å². The van der Waals surface area contributed by atoms with Crippen LogP contribution in [-0.2, 0) is 4.74 Å². The number of hydrogen-bond acceptors (Lipinski definition) is 5. The Kier molecular flexibility index (Phi) is 5.75. The molecule has 0 amide bonds. The molecule has 0 spiro atoms. The number of rotatable bonds is 4. The van der Waals surface area contributed by atoms with Gasteiger partial charge in [0.15, 0.2) is 0 Å². The Bertz CT molecular complexity index is 505. The minimum atomic E-state index is 0.330. The van der Waals surface area contributed by atoms with Crippen molar-refractivity contribution in [2.24, 2.45) is 0 Å². The van der Waals surface area contributed by atoms with Crippen molar-refractivity contribution < 1.29 is 4.74 Å². The number of halogens is 1. The zero-order valence-electron chi connectivity index (χ0n) is 14.1. The van der Waals surface area contributed by atoms with Crippen molar-refractivity contribution >= 4 is 17.4 Å². The summed E-state index contributed by atoms with van der Waals surface area (Å²) < 4.78 is 5.96. The molecule has 0 aliphatic carbocycles. The predicted octanol–water partition coefficient (Wildman–Crippen LogP) is 1.97. The smallest absolute Gasteiger partial charge is 0.147 e. The van der Waals surface area contributed by atoms with E-state index in [1.165, 1.54) is 0 Å². The van der Waals surface area contributed by atoms with E-state index in [4.69, 9.17) is 16.3 Å². The average Bonchev–Trinajstić information content (AvgIpc) is 2.56. The van der Waals surface area contributed by atoms with Crippen LogP contribution >= 0.6 is 11.6 Å². The number of morpholine rings is 1. The Morgan fingerprint density at radius 2 is 2.04 bits per heavy atom. The fourth-order valence-corrected chi connectivity index (χ4v) is 3.60. The second kappa shape index (κ2) is 7.79. The minimum absolute atomic E-state index is 0.330. The molecule has 2 saturated heterocycles. The first kappa shape index (κ1) is 17.0. The SMILES string of the molecule is CC(C)N1CCO[C@@H](CN2CCN(c3ncccc3Cl)CC2)C1. The van der Waals surface area contributed by atoms with E-state index in [-0.39, 0.29) is 0 Å². The van der Waals surface area contributed by atoms with Gasteiger partial charge in [-0.15, -0.1) is 0 Å². The van der Waals surface area contributed by atoms with Gasteiger partial charge in [-0.3, -0.25) is 9.80 Å². The van der Waals surface area contributed by atoms with Gasteiger partial charge in [0.1, 0.15) is 5.82 Å². The number of anilines is 1. The van der Waals surface area contributed by atoms with E-state index in [9.17, 15) is 0 Å². The van der Waals surface area contributed by atoms with Crippen LogP contribution in [0.3, 0.4) is 0 Å². The van der Waals surface area contributed by atoms with Crippen LogP contribution in [0.5, 0.6) is 0 Å². The summed E-state index contributed by atoms with van der Waals surface area (Å²) in [6, 6.07) is 4.39. The van der Waals surface area contributed by atoms with Crippen molar-refractivity contribution in [2.75, 3.05) is 57.3 Å². The van der Waals surface area contributed by atoms with Crippen molar-refractivity contribution in [3.05, 3.63) is 23.4 Å². The Morgan fingerprint density at radius 1 is 1.26 bits per heavy atom. The topological polar surface area (TPSA) is 31.8 Å². The number of hydrogen-bond donors (Lipinski definition) is 0. The highest BCUT2D eigenvalue weighted by molar-refractivity contribution is 6.32. The first-order chi connectivity index (χ1) is 11.1. The number of piperazine rings is 1. The predicted molar refractivity (Wildman–Crippen MR) is 94.3 cm³/mol. The van der Waals surface area contributed by atoms with Crippen molar-refractivity contribution in [2.45, 2.75) is 26.0 Å². The largest absolute Gasteiger partial charge is 0.374 e. The third-order valence-corrected chi connectivity index (χ3v) is 5.07. The Hall–Kier alpha value is -0.880. The van der Waals surface area contributed by atoms with Crippen LogP contribution < -0.4 is 4.90 Å². The molecule has 1 aromatic rings. The molecular weight excluding hydrogens is 312 g/mol. The van der Waals surface area contributed by atoms with Gasteiger partial charge >= 0.3 is 0 Å². The Labute approximate surface area is 144 Å². The highest BCUT2D eigenvalue weighted by Gasteiger charge is 2.26. The van der Waals surface area contributed by atoms with E-state index in [1.54, 1.807) is 0 Å². The lowest BCUT2D eigenvalue weighted by atomic mass is 10.2. The number of aromatic nitrogens is 1. The minimum Gasteiger partial charge on any atom is -0.374 e. The van der Waals surface area contributed by atoms with Gasteiger partial charge in [-0.25, -0.2) is 4.98 Å². The van der Waals surface area contributed by atoms with Crippen molar-refractivity contribution in [1.82, 2.24) is 14.8 Å².